The number of rotatable bonds is 1. The number of thioether (sulfide) groups is 1. The molecule has 96 valence electrons. The minimum Gasteiger partial charge on any atom is -0.389 e. The first-order valence-electron chi connectivity index (χ1n) is 5.11. The van der Waals surface area contributed by atoms with Gasteiger partial charge in [0.05, 0.1) is 12.4 Å². The van der Waals surface area contributed by atoms with Gasteiger partial charge in [-0.2, -0.15) is 4.98 Å². The van der Waals surface area contributed by atoms with Crippen LogP contribution in [-0.2, 0) is 0 Å². The average Bonchev–Trinajstić information content (AvgIpc) is 2.85. The highest BCUT2D eigenvalue weighted by molar-refractivity contribution is 7.99. The molecule has 0 unspecified atom stereocenters. The largest absolute Gasteiger partial charge is 0.389 e. The number of aliphatic hydroxyl groups excluding tert-OH is 2. The Morgan fingerprint density at radius 1 is 1.33 bits per heavy atom. The molecule has 3 heterocycles. The van der Waals surface area contributed by atoms with Gasteiger partial charge in [0.1, 0.15) is 17.0 Å². The van der Waals surface area contributed by atoms with Crippen LogP contribution < -0.4 is 0 Å². The van der Waals surface area contributed by atoms with Gasteiger partial charge >= 0.3 is 0 Å². The normalized spacial score (nSPS) is 28.1. The Bertz CT molecular complexity index is 608. The molecule has 1 aliphatic heterocycles. The third kappa shape index (κ3) is 1.86. The average molecular weight is 307 g/mol. The molecule has 1 saturated heterocycles. The molecule has 0 radical (unpaired) electrons. The minimum atomic E-state index is -0.875. The van der Waals surface area contributed by atoms with E-state index >= 15 is 0 Å². The molecule has 1 fully saturated rings. The second kappa shape index (κ2) is 4.50. The molecular formula is C9H8Cl2N4O2S. The molecular weight excluding hydrogens is 299 g/mol. The molecule has 3 atom stereocenters. The van der Waals surface area contributed by atoms with E-state index in [-0.39, 0.29) is 15.8 Å². The van der Waals surface area contributed by atoms with Crippen LogP contribution in [0.1, 0.15) is 5.37 Å². The van der Waals surface area contributed by atoms with Gasteiger partial charge in [0.15, 0.2) is 10.8 Å². The molecule has 0 bridgehead atoms. The van der Waals surface area contributed by atoms with Gasteiger partial charge in [0.25, 0.3) is 0 Å². The lowest BCUT2D eigenvalue weighted by molar-refractivity contribution is 0.0313. The summed E-state index contributed by atoms with van der Waals surface area (Å²) in [6, 6.07) is 0. The van der Waals surface area contributed by atoms with Crippen molar-refractivity contribution >= 4 is 46.1 Å². The summed E-state index contributed by atoms with van der Waals surface area (Å²) >= 11 is 13.1. The van der Waals surface area contributed by atoms with Gasteiger partial charge in [-0.1, -0.05) is 11.6 Å². The van der Waals surface area contributed by atoms with Crippen molar-refractivity contribution < 1.29 is 10.2 Å². The highest BCUT2D eigenvalue weighted by Crippen LogP contribution is 2.38. The van der Waals surface area contributed by atoms with Crippen LogP contribution in [-0.4, -0.2) is 47.7 Å². The molecule has 0 spiro atoms. The van der Waals surface area contributed by atoms with Crippen molar-refractivity contribution in [2.45, 2.75) is 17.6 Å². The zero-order chi connectivity index (χ0) is 12.9. The van der Waals surface area contributed by atoms with Crippen LogP contribution in [0.4, 0.5) is 0 Å². The first kappa shape index (κ1) is 12.4. The molecule has 0 amide bonds. The summed E-state index contributed by atoms with van der Waals surface area (Å²) in [7, 11) is 0. The van der Waals surface area contributed by atoms with E-state index in [1.165, 1.54) is 18.1 Å². The SMILES string of the molecule is O[C@H]1[C@H](O)CS[C@H]1n1cnc2c(Cl)nc(Cl)nc21. The Kier molecular flexibility index (Phi) is 3.11. The van der Waals surface area contributed by atoms with Crippen LogP contribution in [0.3, 0.4) is 0 Å². The standard InChI is InChI=1S/C9H8Cl2N4O2S/c10-6-4-7(14-9(11)13-6)15(2-12-4)8-5(17)3(16)1-18-8/h2-3,5,8,16-17H,1H2/t3-,5+,8-/m1/s1. The van der Waals surface area contributed by atoms with E-state index in [4.69, 9.17) is 23.2 Å². The van der Waals surface area contributed by atoms with E-state index < -0.39 is 12.2 Å². The van der Waals surface area contributed by atoms with Crippen molar-refractivity contribution in [2.24, 2.45) is 0 Å². The third-order valence-electron chi connectivity index (χ3n) is 2.75. The van der Waals surface area contributed by atoms with E-state index in [0.29, 0.717) is 16.9 Å². The van der Waals surface area contributed by atoms with E-state index in [2.05, 4.69) is 15.0 Å². The first-order valence-corrected chi connectivity index (χ1v) is 6.91. The fourth-order valence-corrected chi connectivity index (χ4v) is 3.58. The molecule has 18 heavy (non-hydrogen) atoms. The van der Waals surface area contributed by atoms with Crippen molar-refractivity contribution in [1.82, 2.24) is 19.5 Å². The van der Waals surface area contributed by atoms with Gasteiger partial charge < -0.3 is 10.2 Å². The summed E-state index contributed by atoms with van der Waals surface area (Å²) in [4.78, 5) is 12.0. The van der Waals surface area contributed by atoms with Crippen LogP contribution in [0.2, 0.25) is 10.4 Å². The fraction of sp³-hybridized carbons (Fsp3) is 0.444. The van der Waals surface area contributed by atoms with Crippen molar-refractivity contribution in [3.8, 4) is 0 Å². The Morgan fingerprint density at radius 2 is 2.11 bits per heavy atom. The third-order valence-corrected chi connectivity index (χ3v) is 4.56. The number of halogens is 2. The monoisotopic (exact) mass is 306 g/mol. The molecule has 0 aromatic carbocycles. The maximum absolute atomic E-state index is 9.90. The second-order valence-corrected chi connectivity index (χ2v) is 5.74. The highest BCUT2D eigenvalue weighted by atomic mass is 35.5. The Morgan fingerprint density at radius 3 is 2.78 bits per heavy atom. The summed E-state index contributed by atoms with van der Waals surface area (Å²) in [6.45, 7) is 0. The maximum atomic E-state index is 9.90. The van der Waals surface area contributed by atoms with Crippen LogP contribution in [0.15, 0.2) is 6.33 Å². The van der Waals surface area contributed by atoms with Crippen LogP contribution in [0.25, 0.3) is 11.2 Å². The lowest BCUT2D eigenvalue weighted by Crippen LogP contribution is -2.27. The summed E-state index contributed by atoms with van der Waals surface area (Å²) < 4.78 is 1.65. The summed E-state index contributed by atoms with van der Waals surface area (Å²) in [5.74, 6) is 0.456. The van der Waals surface area contributed by atoms with E-state index in [9.17, 15) is 10.2 Å². The number of fused-ring (bicyclic) bond motifs is 1. The number of aromatic nitrogens is 4. The van der Waals surface area contributed by atoms with Crippen molar-refractivity contribution in [2.75, 3.05) is 5.75 Å². The molecule has 2 N–H and O–H groups in total. The molecule has 2 aromatic rings. The molecule has 3 rings (SSSR count). The fourth-order valence-electron chi connectivity index (χ4n) is 1.87. The summed E-state index contributed by atoms with van der Waals surface area (Å²) in [5.41, 5.74) is 0.876. The molecule has 1 aliphatic rings. The maximum Gasteiger partial charge on any atom is 0.225 e. The van der Waals surface area contributed by atoms with Crippen molar-refractivity contribution in [3.63, 3.8) is 0 Å². The molecule has 6 nitrogen and oxygen atoms in total. The zero-order valence-electron chi connectivity index (χ0n) is 8.86. The smallest absolute Gasteiger partial charge is 0.225 e. The predicted octanol–water partition coefficient (Wildman–Crippen LogP) is 1.10. The minimum absolute atomic E-state index is 0.0206. The lowest BCUT2D eigenvalue weighted by atomic mass is 10.2. The molecule has 0 saturated carbocycles. The van der Waals surface area contributed by atoms with Crippen LogP contribution in [0.5, 0.6) is 0 Å². The second-order valence-electron chi connectivity index (χ2n) is 3.89. The van der Waals surface area contributed by atoms with E-state index in [0.717, 1.165) is 0 Å². The molecule has 0 aliphatic carbocycles. The quantitative estimate of drug-likeness (QED) is 0.606. The zero-order valence-corrected chi connectivity index (χ0v) is 11.2. The summed E-state index contributed by atoms with van der Waals surface area (Å²) in [6.07, 6.45) is -0.120. The Hall–Kier alpha value is -0.600. The van der Waals surface area contributed by atoms with Crippen molar-refractivity contribution in [3.05, 3.63) is 16.8 Å². The van der Waals surface area contributed by atoms with Gasteiger partial charge in [-0.3, -0.25) is 4.57 Å². The Labute approximate surface area is 116 Å². The van der Waals surface area contributed by atoms with E-state index in [1.807, 2.05) is 0 Å². The van der Waals surface area contributed by atoms with Gasteiger partial charge in [0.2, 0.25) is 5.28 Å². The van der Waals surface area contributed by atoms with Gasteiger partial charge in [0, 0.05) is 5.75 Å². The van der Waals surface area contributed by atoms with E-state index in [1.54, 1.807) is 4.57 Å². The molecule has 9 heteroatoms. The lowest BCUT2D eigenvalue weighted by Gasteiger charge is -2.16. The summed E-state index contributed by atoms with van der Waals surface area (Å²) in [5, 5.41) is 19.3. The predicted molar refractivity (Wildman–Crippen MR) is 68.9 cm³/mol. The highest BCUT2D eigenvalue weighted by Gasteiger charge is 2.36. The van der Waals surface area contributed by atoms with Gasteiger partial charge in [-0.05, 0) is 11.6 Å². The van der Waals surface area contributed by atoms with Gasteiger partial charge in [-0.15, -0.1) is 11.8 Å². The first-order chi connectivity index (χ1) is 8.58. The number of imidazole rings is 1. The topological polar surface area (TPSA) is 84.1 Å². The van der Waals surface area contributed by atoms with Gasteiger partial charge in [-0.25, -0.2) is 9.97 Å². The Balaban J connectivity index is 2.13. The number of aliphatic hydroxyl groups is 2. The number of hydrogen-bond donors (Lipinski definition) is 2. The molecule has 2 aromatic heterocycles. The van der Waals surface area contributed by atoms with Crippen LogP contribution >= 0.6 is 35.0 Å². The van der Waals surface area contributed by atoms with Crippen LogP contribution in [0, 0.1) is 0 Å². The van der Waals surface area contributed by atoms with Crippen molar-refractivity contribution in [1.29, 1.82) is 0 Å². The number of nitrogens with zero attached hydrogens (tertiary/aromatic N) is 4. The number of hydrogen-bond acceptors (Lipinski definition) is 6.